The van der Waals surface area contributed by atoms with E-state index >= 15 is 0 Å². The van der Waals surface area contributed by atoms with Crippen LogP contribution in [0.5, 0.6) is 17.2 Å². The Hall–Kier alpha value is -4.32. The number of benzene rings is 2. The predicted octanol–water partition coefficient (Wildman–Crippen LogP) is 1.81. The highest BCUT2D eigenvalue weighted by molar-refractivity contribution is 7.09. The second-order valence-corrected chi connectivity index (χ2v) is 7.97. The quantitative estimate of drug-likeness (QED) is 0.381. The van der Waals surface area contributed by atoms with Crippen molar-refractivity contribution < 1.29 is 28.6 Å². The number of carbonyl (C=O) groups is 3. The molecule has 0 aliphatic heterocycles. The number of nitrogens with zero attached hydrogens (tertiary/aromatic N) is 2. The molecule has 2 aromatic carbocycles. The molecular formula is C23H25N5O6S. The minimum atomic E-state index is -0.858. The highest BCUT2D eigenvalue weighted by Gasteiger charge is 2.29. The zero-order chi connectivity index (χ0) is 25.5. The van der Waals surface area contributed by atoms with Gasteiger partial charge in [-0.05, 0) is 41.4 Å². The van der Waals surface area contributed by atoms with Crippen LogP contribution in [0.2, 0.25) is 0 Å². The van der Waals surface area contributed by atoms with Crippen molar-refractivity contribution in [3.8, 4) is 17.2 Å². The second kappa shape index (κ2) is 11.2. The third-order valence-corrected chi connectivity index (χ3v) is 5.88. The van der Waals surface area contributed by atoms with Crippen molar-refractivity contribution in [2.45, 2.75) is 6.54 Å². The van der Waals surface area contributed by atoms with Gasteiger partial charge in [-0.25, -0.2) is 0 Å². The Morgan fingerprint density at radius 3 is 2.23 bits per heavy atom. The maximum Gasteiger partial charge on any atom is 0.272 e. The Labute approximate surface area is 205 Å². The van der Waals surface area contributed by atoms with Crippen LogP contribution < -0.4 is 35.9 Å². The van der Waals surface area contributed by atoms with E-state index in [2.05, 4.69) is 9.69 Å². The summed E-state index contributed by atoms with van der Waals surface area (Å²) in [5.41, 5.74) is 12.0. The number of aromatic nitrogens is 1. The Balaban J connectivity index is 1.89. The lowest BCUT2D eigenvalue weighted by Crippen LogP contribution is -2.41. The Morgan fingerprint density at radius 2 is 1.66 bits per heavy atom. The molecule has 5 N–H and O–H groups in total. The minimum absolute atomic E-state index is 0.0281. The van der Waals surface area contributed by atoms with Gasteiger partial charge in [-0.2, -0.15) is 4.37 Å². The van der Waals surface area contributed by atoms with E-state index < -0.39 is 17.7 Å². The van der Waals surface area contributed by atoms with E-state index in [1.165, 1.54) is 19.1 Å². The Morgan fingerprint density at radius 1 is 1.00 bits per heavy atom. The van der Waals surface area contributed by atoms with Gasteiger partial charge in [-0.1, -0.05) is 12.1 Å². The molecule has 0 saturated heterocycles. The van der Waals surface area contributed by atoms with Crippen molar-refractivity contribution in [1.82, 2.24) is 9.69 Å². The van der Waals surface area contributed by atoms with Crippen LogP contribution in [-0.4, -0.2) is 50.0 Å². The maximum atomic E-state index is 13.5. The standard InChI is InChI=1S/C23H25N5O6S/c1-32-14-6-4-13(5-7-14)11-26-18(29)12-28(16-9-8-15(33-2)10-17(16)34-3)23(31)21-19(24)20(22(25)30)27-35-21/h4-10H,11-12,24H2,1-3H3,(H2,25,30)(H,26,29). The molecule has 11 nitrogen and oxygen atoms in total. The first-order valence-electron chi connectivity index (χ1n) is 10.3. The average Bonchev–Trinajstić information content (AvgIpc) is 3.27. The lowest BCUT2D eigenvalue weighted by atomic mass is 10.2. The van der Waals surface area contributed by atoms with Crippen LogP contribution >= 0.6 is 11.5 Å². The molecule has 3 rings (SSSR count). The molecular weight excluding hydrogens is 474 g/mol. The summed E-state index contributed by atoms with van der Waals surface area (Å²) in [6.07, 6.45) is 0. The van der Waals surface area contributed by atoms with Gasteiger partial charge >= 0.3 is 0 Å². The number of nitrogens with two attached hydrogens (primary N) is 2. The van der Waals surface area contributed by atoms with Gasteiger partial charge in [-0.3, -0.25) is 19.3 Å². The van der Waals surface area contributed by atoms with Crippen molar-refractivity contribution in [2.24, 2.45) is 5.73 Å². The fraction of sp³-hybridized carbons (Fsp3) is 0.217. The number of carbonyl (C=O) groups excluding carboxylic acids is 3. The molecule has 0 saturated carbocycles. The largest absolute Gasteiger partial charge is 0.497 e. The highest BCUT2D eigenvalue weighted by Crippen LogP contribution is 2.34. The third kappa shape index (κ3) is 5.79. The maximum absolute atomic E-state index is 13.5. The van der Waals surface area contributed by atoms with Crippen molar-refractivity contribution in [1.29, 1.82) is 0 Å². The zero-order valence-electron chi connectivity index (χ0n) is 19.4. The summed E-state index contributed by atoms with van der Waals surface area (Å²) in [6.45, 7) is -0.125. The van der Waals surface area contributed by atoms with Crippen molar-refractivity contribution >= 4 is 40.6 Å². The summed E-state index contributed by atoms with van der Waals surface area (Å²) in [5, 5.41) is 2.78. The molecule has 12 heteroatoms. The van der Waals surface area contributed by atoms with Crippen molar-refractivity contribution in [3.05, 3.63) is 58.6 Å². The molecule has 0 aliphatic carbocycles. The molecule has 184 valence electrons. The average molecular weight is 500 g/mol. The molecule has 0 radical (unpaired) electrons. The number of methoxy groups -OCH3 is 3. The van der Waals surface area contributed by atoms with E-state index in [0.717, 1.165) is 17.1 Å². The number of hydrogen-bond donors (Lipinski definition) is 3. The van der Waals surface area contributed by atoms with E-state index in [1.807, 2.05) is 12.1 Å². The smallest absolute Gasteiger partial charge is 0.272 e. The predicted molar refractivity (Wildman–Crippen MR) is 131 cm³/mol. The number of nitrogen functional groups attached to an aromatic ring is 1. The normalized spacial score (nSPS) is 10.4. The molecule has 0 spiro atoms. The number of nitrogens with one attached hydrogen (secondary N) is 1. The van der Waals surface area contributed by atoms with Gasteiger partial charge in [0.25, 0.3) is 11.8 Å². The van der Waals surface area contributed by atoms with Crippen LogP contribution in [0, 0.1) is 0 Å². The van der Waals surface area contributed by atoms with Gasteiger partial charge in [0.2, 0.25) is 5.91 Å². The first kappa shape index (κ1) is 25.3. The summed E-state index contributed by atoms with van der Waals surface area (Å²) in [4.78, 5) is 39.1. The van der Waals surface area contributed by atoms with Crippen LogP contribution in [0.25, 0.3) is 0 Å². The van der Waals surface area contributed by atoms with Gasteiger partial charge in [0, 0.05) is 12.6 Å². The van der Waals surface area contributed by atoms with Crippen LogP contribution in [-0.2, 0) is 11.3 Å². The molecule has 3 aromatic rings. The molecule has 0 bridgehead atoms. The number of ether oxygens (including phenoxy) is 3. The van der Waals surface area contributed by atoms with Gasteiger partial charge in [0.1, 0.15) is 28.7 Å². The third-order valence-electron chi connectivity index (χ3n) is 5.03. The summed E-state index contributed by atoms with van der Waals surface area (Å²) in [6, 6.07) is 12.0. The number of amides is 3. The van der Waals surface area contributed by atoms with E-state index in [1.54, 1.807) is 37.4 Å². The van der Waals surface area contributed by atoms with Crippen LogP contribution in [0.15, 0.2) is 42.5 Å². The topological polar surface area (TPSA) is 159 Å². The highest BCUT2D eigenvalue weighted by atomic mass is 32.1. The van der Waals surface area contributed by atoms with Crippen LogP contribution in [0.4, 0.5) is 11.4 Å². The van der Waals surface area contributed by atoms with Gasteiger partial charge in [0.15, 0.2) is 5.69 Å². The molecule has 1 aromatic heterocycles. The van der Waals surface area contributed by atoms with Gasteiger partial charge in [0.05, 0.1) is 32.7 Å². The van der Waals surface area contributed by atoms with Crippen LogP contribution in [0.1, 0.15) is 25.7 Å². The Bertz CT molecular complexity index is 1230. The number of anilines is 2. The van der Waals surface area contributed by atoms with E-state index in [9.17, 15) is 14.4 Å². The molecule has 0 atom stereocenters. The molecule has 0 aliphatic rings. The van der Waals surface area contributed by atoms with E-state index in [0.29, 0.717) is 22.9 Å². The molecule has 3 amide bonds. The fourth-order valence-electron chi connectivity index (χ4n) is 3.17. The monoisotopic (exact) mass is 499 g/mol. The summed E-state index contributed by atoms with van der Waals surface area (Å²) >= 11 is 0.721. The van der Waals surface area contributed by atoms with E-state index in [-0.39, 0.29) is 29.3 Å². The molecule has 0 fully saturated rings. The molecule has 0 unspecified atom stereocenters. The number of rotatable bonds is 10. The zero-order valence-corrected chi connectivity index (χ0v) is 20.2. The lowest BCUT2D eigenvalue weighted by Gasteiger charge is -2.24. The molecule has 35 heavy (non-hydrogen) atoms. The molecule has 1 heterocycles. The number of primary amides is 1. The Kier molecular flexibility index (Phi) is 8.10. The van der Waals surface area contributed by atoms with E-state index in [4.69, 9.17) is 25.7 Å². The summed E-state index contributed by atoms with van der Waals surface area (Å²) in [7, 11) is 4.49. The lowest BCUT2D eigenvalue weighted by molar-refractivity contribution is -0.119. The van der Waals surface area contributed by atoms with Gasteiger partial charge in [-0.15, -0.1) is 0 Å². The first-order chi connectivity index (χ1) is 16.8. The minimum Gasteiger partial charge on any atom is -0.497 e. The summed E-state index contributed by atoms with van der Waals surface area (Å²) < 4.78 is 19.7. The SMILES string of the molecule is COc1ccc(CNC(=O)CN(C(=O)c2snc(C(N)=O)c2N)c2ccc(OC)cc2OC)cc1. The fourth-order valence-corrected chi connectivity index (χ4v) is 3.92. The second-order valence-electron chi connectivity index (χ2n) is 7.19. The first-order valence-corrected chi connectivity index (χ1v) is 11.0. The van der Waals surface area contributed by atoms with Gasteiger partial charge < -0.3 is 31.0 Å². The van der Waals surface area contributed by atoms with Crippen molar-refractivity contribution in [2.75, 3.05) is 38.5 Å². The van der Waals surface area contributed by atoms with Crippen molar-refractivity contribution in [3.63, 3.8) is 0 Å². The van der Waals surface area contributed by atoms with Crippen LogP contribution in [0.3, 0.4) is 0 Å². The summed E-state index contributed by atoms with van der Waals surface area (Å²) in [5.74, 6) is -0.459. The number of hydrogen-bond acceptors (Lipinski definition) is 9.